The second kappa shape index (κ2) is 8.10. The zero-order valence-corrected chi connectivity index (χ0v) is 17.3. The zero-order valence-electron chi connectivity index (χ0n) is 15.7. The maximum atomic E-state index is 12.5. The second-order valence-electron chi connectivity index (χ2n) is 6.92. The SMILES string of the molecule is O=C(CCn1c(=O)sc2ccccc21)Nc1ccc(S(=O)(=O)N2CCCC2)cc1. The van der Waals surface area contributed by atoms with E-state index in [0.717, 1.165) is 34.4 Å². The van der Waals surface area contributed by atoms with Gasteiger partial charge in [0.2, 0.25) is 15.9 Å². The summed E-state index contributed by atoms with van der Waals surface area (Å²) in [7, 11) is -3.47. The highest BCUT2D eigenvalue weighted by Crippen LogP contribution is 2.22. The first-order chi connectivity index (χ1) is 13.9. The number of thiazole rings is 1. The van der Waals surface area contributed by atoms with Crippen LogP contribution in [0.2, 0.25) is 0 Å². The molecular formula is C20H21N3O4S2. The third-order valence-electron chi connectivity index (χ3n) is 4.98. The van der Waals surface area contributed by atoms with Crippen molar-refractivity contribution in [3.8, 4) is 0 Å². The van der Waals surface area contributed by atoms with E-state index in [9.17, 15) is 18.0 Å². The van der Waals surface area contributed by atoms with Crippen molar-refractivity contribution >= 4 is 43.2 Å². The van der Waals surface area contributed by atoms with Gasteiger partial charge < -0.3 is 5.32 Å². The summed E-state index contributed by atoms with van der Waals surface area (Å²) < 4.78 is 29.1. The zero-order chi connectivity index (χ0) is 20.4. The molecule has 0 spiro atoms. The highest BCUT2D eigenvalue weighted by Gasteiger charge is 2.26. The summed E-state index contributed by atoms with van der Waals surface area (Å²) in [6, 6.07) is 13.7. The lowest BCUT2D eigenvalue weighted by Gasteiger charge is -2.15. The van der Waals surface area contributed by atoms with E-state index in [-0.39, 0.29) is 28.6 Å². The van der Waals surface area contributed by atoms with E-state index >= 15 is 0 Å². The molecule has 29 heavy (non-hydrogen) atoms. The van der Waals surface area contributed by atoms with Gasteiger partial charge in [0, 0.05) is 31.7 Å². The van der Waals surface area contributed by atoms with Crippen LogP contribution in [-0.4, -0.2) is 36.3 Å². The van der Waals surface area contributed by atoms with Crippen molar-refractivity contribution in [2.45, 2.75) is 30.7 Å². The van der Waals surface area contributed by atoms with Gasteiger partial charge in [0.25, 0.3) is 0 Å². The van der Waals surface area contributed by atoms with Gasteiger partial charge in [0.1, 0.15) is 0 Å². The minimum absolute atomic E-state index is 0.0875. The van der Waals surface area contributed by atoms with Crippen molar-refractivity contribution in [2.75, 3.05) is 18.4 Å². The molecule has 1 N–H and O–H groups in total. The molecule has 0 saturated carbocycles. The Hall–Kier alpha value is -2.49. The third-order valence-corrected chi connectivity index (χ3v) is 7.85. The maximum Gasteiger partial charge on any atom is 0.308 e. The summed E-state index contributed by atoms with van der Waals surface area (Å²) in [5.74, 6) is -0.234. The van der Waals surface area contributed by atoms with Crippen molar-refractivity contribution in [1.82, 2.24) is 8.87 Å². The van der Waals surface area contributed by atoms with Crippen molar-refractivity contribution in [3.63, 3.8) is 0 Å². The molecular weight excluding hydrogens is 410 g/mol. The molecule has 2 aromatic carbocycles. The summed E-state index contributed by atoms with van der Waals surface area (Å²) >= 11 is 1.16. The molecule has 1 amide bonds. The fourth-order valence-corrected chi connectivity index (χ4v) is 5.88. The third kappa shape index (κ3) is 4.12. The lowest BCUT2D eigenvalue weighted by Crippen LogP contribution is -2.27. The molecule has 152 valence electrons. The standard InChI is InChI=1S/C20H21N3O4S2/c24-19(11-14-23-17-5-1-2-6-18(17)28-20(23)25)21-15-7-9-16(10-8-15)29(26,27)22-12-3-4-13-22/h1-2,5-10H,3-4,11-14H2,(H,21,24). The number of nitrogens with one attached hydrogen (secondary N) is 1. The molecule has 4 rings (SSSR count). The number of nitrogens with zero attached hydrogens (tertiary/aromatic N) is 2. The molecule has 3 aromatic rings. The Morgan fingerprint density at radius 2 is 1.72 bits per heavy atom. The number of fused-ring (bicyclic) bond motifs is 1. The molecule has 2 heterocycles. The van der Waals surface area contributed by atoms with Crippen LogP contribution in [0.3, 0.4) is 0 Å². The molecule has 1 aliphatic heterocycles. The van der Waals surface area contributed by atoms with Crippen LogP contribution in [0.5, 0.6) is 0 Å². The summed E-state index contributed by atoms with van der Waals surface area (Å²) in [6.45, 7) is 1.39. The summed E-state index contributed by atoms with van der Waals surface area (Å²) in [4.78, 5) is 24.6. The second-order valence-corrected chi connectivity index (χ2v) is 9.85. The molecule has 0 bridgehead atoms. The number of aryl methyl sites for hydroxylation is 1. The number of benzene rings is 2. The predicted octanol–water partition coefficient (Wildman–Crippen LogP) is 2.88. The van der Waals surface area contributed by atoms with E-state index in [0.29, 0.717) is 18.8 Å². The Kier molecular flexibility index (Phi) is 5.53. The van der Waals surface area contributed by atoms with Crippen LogP contribution in [0.15, 0.2) is 58.2 Å². The average molecular weight is 432 g/mol. The highest BCUT2D eigenvalue weighted by atomic mass is 32.2. The van der Waals surface area contributed by atoms with E-state index in [2.05, 4.69) is 5.32 Å². The Labute approximate surface area is 172 Å². The minimum Gasteiger partial charge on any atom is -0.326 e. The number of hydrogen-bond donors (Lipinski definition) is 1. The Balaban J connectivity index is 1.40. The van der Waals surface area contributed by atoms with Gasteiger partial charge in [-0.15, -0.1) is 0 Å². The first-order valence-corrected chi connectivity index (χ1v) is 11.7. The number of sulfonamides is 1. The van der Waals surface area contributed by atoms with Crippen LogP contribution in [0.25, 0.3) is 10.2 Å². The van der Waals surface area contributed by atoms with E-state index in [1.165, 1.54) is 16.4 Å². The average Bonchev–Trinajstić information content (AvgIpc) is 3.35. The first-order valence-electron chi connectivity index (χ1n) is 9.43. The van der Waals surface area contributed by atoms with Gasteiger partial charge in [-0.25, -0.2) is 8.42 Å². The Morgan fingerprint density at radius 1 is 1.03 bits per heavy atom. The smallest absolute Gasteiger partial charge is 0.308 e. The largest absolute Gasteiger partial charge is 0.326 e. The molecule has 0 aliphatic carbocycles. The van der Waals surface area contributed by atoms with Crippen LogP contribution in [0.1, 0.15) is 19.3 Å². The Bertz CT molecular complexity index is 1190. The Morgan fingerprint density at radius 3 is 2.45 bits per heavy atom. The van der Waals surface area contributed by atoms with Crippen LogP contribution in [-0.2, 0) is 21.4 Å². The molecule has 1 aromatic heterocycles. The van der Waals surface area contributed by atoms with Gasteiger partial charge >= 0.3 is 4.87 Å². The number of rotatable bonds is 6. The summed E-state index contributed by atoms with van der Waals surface area (Å²) in [6.07, 6.45) is 1.92. The maximum absolute atomic E-state index is 12.5. The summed E-state index contributed by atoms with van der Waals surface area (Å²) in [5.41, 5.74) is 1.35. The number of anilines is 1. The molecule has 9 heteroatoms. The number of para-hydroxylation sites is 1. The minimum atomic E-state index is -3.47. The van der Waals surface area contributed by atoms with E-state index in [1.54, 1.807) is 16.7 Å². The normalized spacial score (nSPS) is 15.0. The van der Waals surface area contributed by atoms with Crippen LogP contribution in [0, 0.1) is 0 Å². The quantitative estimate of drug-likeness (QED) is 0.650. The molecule has 0 atom stereocenters. The van der Waals surface area contributed by atoms with E-state index in [4.69, 9.17) is 0 Å². The van der Waals surface area contributed by atoms with Crippen molar-refractivity contribution in [2.24, 2.45) is 0 Å². The molecule has 0 radical (unpaired) electrons. The van der Waals surface area contributed by atoms with Gasteiger partial charge in [-0.1, -0.05) is 23.5 Å². The van der Waals surface area contributed by atoms with E-state index < -0.39 is 10.0 Å². The van der Waals surface area contributed by atoms with Crippen molar-refractivity contribution in [1.29, 1.82) is 0 Å². The summed E-state index contributed by atoms with van der Waals surface area (Å²) in [5, 5.41) is 2.76. The lowest BCUT2D eigenvalue weighted by atomic mass is 10.3. The van der Waals surface area contributed by atoms with Gasteiger partial charge in [0.05, 0.1) is 15.1 Å². The number of aromatic nitrogens is 1. The molecule has 1 saturated heterocycles. The fourth-order valence-electron chi connectivity index (χ4n) is 3.45. The first kappa shape index (κ1) is 19.8. The molecule has 0 unspecified atom stereocenters. The van der Waals surface area contributed by atoms with Crippen LogP contribution < -0.4 is 10.2 Å². The topological polar surface area (TPSA) is 88.5 Å². The number of hydrogen-bond acceptors (Lipinski definition) is 5. The monoisotopic (exact) mass is 431 g/mol. The van der Waals surface area contributed by atoms with Gasteiger partial charge in [0.15, 0.2) is 0 Å². The number of carbonyl (C=O) groups is 1. The van der Waals surface area contributed by atoms with Gasteiger partial charge in [-0.3, -0.25) is 14.2 Å². The van der Waals surface area contributed by atoms with Crippen LogP contribution in [0.4, 0.5) is 5.69 Å². The van der Waals surface area contributed by atoms with Gasteiger partial charge in [-0.05, 0) is 49.2 Å². The fraction of sp³-hybridized carbons (Fsp3) is 0.300. The predicted molar refractivity (Wildman–Crippen MR) is 114 cm³/mol. The van der Waals surface area contributed by atoms with Gasteiger partial charge in [-0.2, -0.15) is 4.31 Å². The van der Waals surface area contributed by atoms with Crippen molar-refractivity contribution < 1.29 is 13.2 Å². The molecule has 7 nitrogen and oxygen atoms in total. The van der Waals surface area contributed by atoms with Crippen LogP contribution >= 0.6 is 11.3 Å². The molecule has 1 aliphatic rings. The highest BCUT2D eigenvalue weighted by molar-refractivity contribution is 7.89. The number of amides is 1. The van der Waals surface area contributed by atoms with Crippen molar-refractivity contribution in [3.05, 3.63) is 58.2 Å². The number of carbonyl (C=O) groups excluding carboxylic acids is 1. The lowest BCUT2D eigenvalue weighted by molar-refractivity contribution is -0.116. The van der Waals surface area contributed by atoms with E-state index in [1.807, 2.05) is 24.3 Å². The molecule has 1 fully saturated rings.